The highest BCUT2D eigenvalue weighted by molar-refractivity contribution is 14.1. The van der Waals surface area contributed by atoms with Crippen molar-refractivity contribution in [2.24, 2.45) is 0 Å². The van der Waals surface area contributed by atoms with E-state index < -0.39 is 0 Å². The number of halogens is 2. The van der Waals surface area contributed by atoms with Gasteiger partial charge in [-0.05, 0) is 34.7 Å². The lowest BCUT2D eigenvalue weighted by atomic mass is 10.2. The fourth-order valence-corrected chi connectivity index (χ4v) is 1.93. The molecule has 0 bridgehead atoms. The molecule has 56 valence electrons. The summed E-state index contributed by atoms with van der Waals surface area (Å²) in [4.78, 5) is 3.03. The van der Waals surface area contributed by atoms with Crippen LogP contribution in [-0.4, -0.2) is 4.98 Å². The molecule has 0 aliphatic rings. The monoisotopic (exact) mass is 277 g/mol. The van der Waals surface area contributed by atoms with Crippen molar-refractivity contribution in [1.29, 1.82) is 0 Å². The van der Waals surface area contributed by atoms with Crippen LogP contribution in [0.4, 0.5) is 0 Å². The minimum atomic E-state index is 0.807. The van der Waals surface area contributed by atoms with Gasteiger partial charge in [0.05, 0.1) is 0 Å². The molecule has 1 N–H and O–H groups in total. The Morgan fingerprint density at radius 1 is 1.18 bits per heavy atom. The molecule has 0 saturated carbocycles. The summed E-state index contributed by atoms with van der Waals surface area (Å²) in [5, 5.41) is 3.10. The number of benzene rings is 1. The Morgan fingerprint density at radius 3 is 2.64 bits per heavy atom. The standard InChI is InChI=1S/C8H5ClIN/c9-7-1-2-8(10)6-4-11-3-5(6)7/h1-4,11H. The molecule has 1 heterocycles. The Balaban J connectivity index is 2.96. The molecule has 3 heteroatoms. The van der Waals surface area contributed by atoms with Crippen LogP contribution in [0.5, 0.6) is 0 Å². The van der Waals surface area contributed by atoms with Gasteiger partial charge < -0.3 is 4.98 Å². The van der Waals surface area contributed by atoms with Crippen LogP contribution >= 0.6 is 34.2 Å². The highest BCUT2D eigenvalue weighted by atomic mass is 127. The average molecular weight is 277 g/mol. The quantitative estimate of drug-likeness (QED) is 0.710. The second-order valence-corrected chi connectivity index (χ2v) is 3.88. The third kappa shape index (κ3) is 1.14. The van der Waals surface area contributed by atoms with Gasteiger partial charge in [-0.2, -0.15) is 0 Å². The molecule has 1 aromatic heterocycles. The van der Waals surface area contributed by atoms with Crippen LogP contribution < -0.4 is 0 Å². The Hall–Kier alpha value is -0.220. The number of rotatable bonds is 0. The molecule has 0 radical (unpaired) electrons. The van der Waals surface area contributed by atoms with Crippen molar-refractivity contribution >= 4 is 45.0 Å². The second-order valence-electron chi connectivity index (χ2n) is 2.31. The summed E-state index contributed by atoms with van der Waals surface area (Å²) in [5.41, 5.74) is 0. The van der Waals surface area contributed by atoms with Gasteiger partial charge in [0, 0.05) is 31.8 Å². The molecule has 0 spiro atoms. The predicted octanol–water partition coefficient (Wildman–Crippen LogP) is 3.43. The van der Waals surface area contributed by atoms with Gasteiger partial charge in [-0.15, -0.1) is 0 Å². The number of fused-ring (bicyclic) bond motifs is 1. The van der Waals surface area contributed by atoms with E-state index in [1.165, 1.54) is 8.96 Å². The number of H-pyrrole nitrogens is 1. The zero-order valence-corrected chi connectivity index (χ0v) is 8.48. The van der Waals surface area contributed by atoms with Gasteiger partial charge in [-0.25, -0.2) is 0 Å². The van der Waals surface area contributed by atoms with E-state index in [2.05, 4.69) is 27.6 Å². The molecular formula is C8H5ClIN. The van der Waals surface area contributed by atoms with Gasteiger partial charge in [0.2, 0.25) is 0 Å². The van der Waals surface area contributed by atoms with Crippen LogP contribution in [0.25, 0.3) is 10.8 Å². The van der Waals surface area contributed by atoms with Gasteiger partial charge in [0.25, 0.3) is 0 Å². The van der Waals surface area contributed by atoms with E-state index in [-0.39, 0.29) is 0 Å². The zero-order chi connectivity index (χ0) is 7.84. The van der Waals surface area contributed by atoms with E-state index in [4.69, 9.17) is 11.6 Å². The van der Waals surface area contributed by atoms with Crippen LogP contribution in [0.3, 0.4) is 0 Å². The number of aromatic amines is 1. The van der Waals surface area contributed by atoms with Crippen LogP contribution in [0, 0.1) is 3.57 Å². The number of hydrogen-bond acceptors (Lipinski definition) is 0. The van der Waals surface area contributed by atoms with Crippen LogP contribution in [-0.2, 0) is 0 Å². The first-order valence-corrected chi connectivity index (χ1v) is 4.65. The maximum absolute atomic E-state index is 5.95. The first-order chi connectivity index (χ1) is 5.29. The molecular weight excluding hydrogens is 272 g/mol. The maximum atomic E-state index is 5.95. The number of aromatic nitrogens is 1. The summed E-state index contributed by atoms with van der Waals surface area (Å²) in [6.45, 7) is 0. The largest absolute Gasteiger partial charge is 0.366 e. The molecule has 0 unspecified atom stereocenters. The predicted molar refractivity (Wildman–Crippen MR) is 56.0 cm³/mol. The smallest absolute Gasteiger partial charge is 0.0500 e. The van der Waals surface area contributed by atoms with E-state index in [1.807, 2.05) is 24.5 Å². The van der Waals surface area contributed by atoms with E-state index >= 15 is 0 Å². The Morgan fingerprint density at radius 2 is 1.91 bits per heavy atom. The van der Waals surface area contributed by atoms with Gasteiger partial charge in [0.1, 0.15) is 0 Å². The molecule has 0 aliphatic heterocycles. The lowest BCUT2D eigenvalue weighted by Gasteiger charge is -1.94. The molecule has 0 aliphatic carbocycles. The van der Waals surface area contributed by atoms with E-state index in [1.54, 1.807) is 0 Å². The lowest BCUT2D eigenvalue weighted by Crippen LogP contribution is -1.71. The minimum absolute atomic E-state index is 0.807. The van der Waals surface area contributed by atoms with E-state index in [9.17, 15) is 0 Å². The van der Waals surface area contributed by atoms with Crippen molar-refractivity contribution in [3.05, 3.63) is 33.1 Å². The van der Waals surface area contributed by atoms with Gasteiger partial charge in [-0.3, -0.25) is 0 Å². The molecule has 2 aromatic rings. The van der Waals surface area contributed by atoms with Gasteiger partial charge in [0.15, 0.2) is 0 Å². The van der Waals surface area contributed by atoms with Crippen molar-refractivity contribution < 1.29 is 0 Å². The molecule has 0 atom stereocenters. The Labute approximate surface area is 82.9 Å². The number of hydrogen-bond donors (Lipinski definition) is 1. The van der Waals surface area contributed by atoms with Crippen LogP contribution in [0.2, 0.25) is 5.02 Å². The topological polar surface area (TPSA) is 15.8 Å². The second kappa shape index (κ2) is 2.68. The molecule has 0 saturated heterocycles. The molecule has 11 heavy (non-hydrogen) atoms. The summed E-state index contributed by atoms with van der Waals surface area (Å²) in [6, 6.07) is 3.93. The highest BCUT2D eigenvalue weighted by Gasteiger charge is 2.01. The number of nitrogens with one attached hydrogen (secondary N) is 1. The van der Waals surface area contributed by atoms with Gasteiger partial charge >= 0.3 is 0 Å². The maximum Gasteiger partial charge on any atom is 0.0500 e. The lowest BCUT2D eigenvalue weighted by molar-refractivity contribution is 1.43. The Kier molecular flexibility index (Phi) is 1.81. The van der Waals surface area contributed by atoms with E-state index in [0.717, 1.165) is 10.4 Å². The van der Waals surface area contributed by atoms with Crippen molar-refractivity contribution in [3.8, 4) is 0 Å². The fourth-order valence-electron chi connectivity index (χ4n) is 1.08. The summed E-state index contributed by atoms with van der Waals surface area (Å²) >= 11 is 8.24. The first-order valence-electron chi connectivity index (χ1n) is 3.19. The van der Waals surface area contributed by atoms with Crippen LogP contribution in [0.15, 0.2) is 24.5 Å². The SMILES string of the molecule is Clc1ccc(I)c2c[nH]cc12. The summed E-state index contributed by atoms with van der Waals surface area (Å²) < 4.78 is 1.23. The molecule has 0 fully saturated rings. The first kappa shape index (κ1) is 7.43. The molecule has 2 rings (SSSR count). The van der Waals surface area contributed by atoms with Gasteiger partial charge in [-0.1, -0.05) is 11.6 Å². The van der Waals surface area contributed by atoms with Crippen LogP contribution in [0.1, 0.15) is 0 Å². The third-order valence-electron chi connectivity index (χ3n) is 1.64. The molecule has 1 nitrogen and oxygen atoms in total. The minimum Gasteiger partial charge on any atom is -0.366 e. The highest BCUT2D eigenvalue weighted by Crippen LogP contribution is 2.26. The Bertz CT molecular complexity index is 358. The third-order valence-corrected chi connectivity index (χ3v) is 2.91. The fraction of sp³-hybridized carbons (Fsp3) is 0. The van der Waals surface area contributed by atoms with Crippen molar-refractivity contribution in [3.63, 3.8) is 0 Å². The summed E-state index contributed by atoms with van der Waals surface area (Å²) in [7, 11) is 0. The molecule has 1 aromatic carbocycles. The average Bonchev–Trinajstić information content (AvgIpc) is 2.45. The summed E-state index contributed by atoms with van der Waals surface area (Å²) in [5.74, 6) is 0. The zero-order valence-electron chi connectivity index (χ0n) is 5.57. The summed E-state index contributed by atoms with van der Waals surface area (Å²) in [6.07, 6.45) is 3.88. The van der Waals surface area contributed by atoms with Crippen molar-refractivity contribution in [2.75, 3.05) is 0 Å². The van der Waals surface area contributed by atoms with Crippen molar-refractivity contribution in [2.45, 2.75) is 0 Å². The normalized spacial score (nSPS) is 10.7. The van der Waals surface area contributed by atoms with Crippen molar-refractivity contribution in [1.82, 2.24) is 4.98 Å². The van der Waals surface area contributed by atoms with E-state index in [0.29, 0.717) is 0 Å². The molecule has 0 amide bonds.